The maximum atomic E-state index is 12.3. The van der Waals surface area contributed by atoms with Crippen LogP contribution in [0, 0.1) is 0 Å². The highest BCUT2D eigenvalue weighted by Crippen LogP contribution is 2.21. The molecule has 0 fully saturated rings. The van der Waals surface area contributed by atoms with E-state index in [2.05, 4.69) is 5.32 Å². The topological polar surface area (TPSA) is 47.6 Å². The van der Waals surface area contributed by atoms with Crippen molar-refractivity contribution in [1.29, 1.82) is 0 Å². The van der Waals surface area contributed by atoms with Crippen LogP contribution in [0.15, 0.2) is 30.3 Å². The molecule has 0 radical (unpaired) electrons. The summed E-state index contributed by atoms with van der Waals surface area (Å²) in [6, 6.07) is 9.29. The molecule has 1 aromatic carbocycles. The monoisotopic (exact) mass is 251 g/mol. The van der Waals surface area contributed by atoms with E-state index in [0.717, 1.165) is 5.69 Å². The molecule has 0 aromatic heterocycles. The summed E-state index contributed by atoms with van der Waals surface area (Å²) in [6.07, 6.45) is 0.466. The number of hydrogen-bond acceptors (Lipinski definition) is 3. The fourth-order valence-corrected chi connectivity index (χ4v) is 1.75. The Morgan fingerprint density at radius 1 is 1.11 bits per heavy atom. The minimum Gasteiger partial charge on any atom is -0.342 e. The number of ether oxygens (including phenoxy) is 2. The zero-order valence-corrected chi connectivity index (χ0v) is 11.2. The SMILES string of the molecule is CCOC(CC)(OCC)C(=O)Nc1ccccc1. The second-order valence-corrected chi connectivity index (χ2v) is 3.79. The third-order valence-electron chi connectivity index (χ3n) is 2.60. The third kappa shape index (κ3) is 3.55. The maximum Gasteiger partial charge on any atom is 0.284 e. The van der Waals surface area contributed by atoms with Gasteiger partial charge in [0, 0.05) is 25.3 Å². The quantitative estimate of drug-likeness (QED) is 0.758. The number of para-hydroxylation sites is 1. The van der Waals surface area contributed by atoms with Crippen LogP contribution in [0.25, 0.3) is 0 Å². The fraction of sp³-hybridized carbons (Fsp3) is 0.500. The van der Waals surface area contributed by atoms with E-state index in [4.69, 9.17) is 9.47 Å². The van der Waals surface area contributed by atoms with Gasteiger partial charge in [0.2, 0.25) is 5.79 Å². The van der Waals surface area contributed by atoms with Crippen LogP contribution in [0.2, 0.25) is 0 Å². The van der Waals surface area contributed by atoms with E-state index < -0.39 is 5.79 Å². The number of amides is 1. The molecule has 4 nitrogen and oxygen atoms in total. The molecule has 18 heavy (non-hydrogen) atoms. The van der Waals surface area contributed by atoms with Crippen molar-refractivity contribution in [3.63, 3.8) is 0 Å². The van der Waals surface area contributed by atoms with Gasteiger partial charge in [-0.25, -0.2) is 0 Å². The first-order chi connectivity index (χ1) is 8.68. The first-order valence-corrected chi connectivity index (χ1v) is 6.33. The molecule has 1 aromatic rings. The smallest absolute Gasteiger partial charge is 0.284 e. The molecule has 4 heteroatoms. The number of benzene rings is 1. The molecule has 1 rings (SSSR count). The fourth-order valence-electron chi connectivity index (χ4n) is 1.75. The van der Waals surface area contributed by atoms with Gasteiger partial charge >= 0.3 is 0 Å². The van der Waals surface area contributed by atoms with E-state index in [1.165, 1.54) is 0 Å². The number of carbonyl (C=O) groups excluding carboxylic acids is 1. The van der Waals surface area contributed by atoms with Crippen molar-refractivity contribution >= 4 is 11.6 Å². The van der Waals surface area contributed by atoms with Crippen LogP contribution in [0.1, 0.15) is 27.2 Å². The number of anilines is 1. The lowest BCUT2D eigenvalue weighted by atomic mass is 10.1. The Hall–Kier alpha value is -1.39. The summed E-state index contributed by atoms with van der Waals surface area (Å²) in [6.45, 7) is 6.42. The van der Waals surface area contributed by atoms with Crippen LogP contribution in [-0.2, 0) is 14.3 Å². The lowest BCUT2D eigenvalue weighted by Crippen LogP contribution is -2.47. The van der Waals surface area contributed by atoms with Gasteiger partial charge in [0.15, 0.2) is 0 Å². The summed E-state index contributed by atoms with van der Waals surface area (Å²) < 4.78 is 11.0. The zero-order valence-electron chi connectivity index (χ0n) is 11.2. The van der Waals surface area contributed by atoms with Gasteiger partial charge in [0.1, 0.15) is 0 Å². The Labute approximate surface area is 108 Å². The van der Waals surface area contributed by atoms with E-state index in [9.17, 15) is 4.79 Å². The largest absolute Gasteiger partial charge is 0.342 e. The van der Waals surface area contributed by atoms with Gasteiger partial charge in [-0.3, -0.25) is 4.79 Å². The molecule has 0 aliphatic heterocycles. The highest BCUT2D eigenvalue weighted by molar-refractivity contribution is 5.96. The predicted molar refractivity (Wildman–Crippen MR) is 71.3 cm³/mol. The summed E-state index contributed by atoms with van der Waals surface area (Å²) in [5.41, 5.74) is 0.736. The van der Waals surface area contributed by atoms with E-state index >= 15 is 0 Å². The van der Waals surface area contributed by atoms with E-state index in [1.54, 1.807) is 0 Å². The van der Waals surface area contributed by atoms with Gasteiger partial charge in [-0.15, -0.1) is 0 Å². The van der Waals surface area contributed by atoms with Gasteiger partial charge in [-0.05, 0) is 26.0 Å². The van der Waals surface area contributed by atoms with E-state index in [-0.39, 0.29) is 5.91 Å². The normalized spacial score (nSPS) is 11.3. The van der Waals surface area contributed by atoms with Crippen LogP contribution in [0.3, 0.4) is 0 Å². The Kier molecular flexibility index (Phi) is 5.82. The number of nitrogens with one attached hydrogen (secondary N) is 1. The average Bonchev–Trinajstić information content (AvgIpc) is 2.39. The summed E-state index contributed by atoms with van der Waals surface area (Å²) in [5.74, 6) is -1.46. The Balaban J connectivity index is 2.82. The molecule has 0 bridgehead atoms. The zero-order chi connectivity index (χ0) is 13.4. The summed E-state index contributed by atoms with van der Waals surface area (Å²) in [4.78, 5) is 12.3. The van der Waals surface area contributed by atoms with Gasteiger partial charge < -0.3 is 14.8 Å². The minimum atomic E-state index is -1.20. The molecule has 0 aliphatic rings. The molecule has 1 amide bonds. The minimum absolute atomic E-state index is 0.264. The van der Waals surface area contributed by atoms with Crippen molar-refractivity contribution < 1.29 is 14.3 Å². The van der Waals surface area contributed by atoms with Crippen LogP contribution in [0.5, 0.6) is 0 Å². The molecule has 0 spiro atoms. The molecule has 0 saturated carbocycles. The predicted octanol–water partition coefficient (Wildman–Crippen LogP) is 2.80. The highest BCUT2D eigenvalue weighted by atomic mass is 16.7. The number of hydrogen-bond donors (Lipinski definition) is 1. The van der Waals surface area contributed by atoms with Gasteiger partial charge in [-0.2, -0.15) is 0 Å². The Morgan fingerprint density at radius 3 is 2.11 bits per heavy atom. The molecular weight excluding hydrogens is 230 g/mol. The van der Waals surface area contributed by atoms with Crippen molar-refractivity contribution in [3.8, 4) is 0 Å². The molecule has 0 heterocycles. The van der Waals surface area contributed by atoms with Gasteiger partial charge in [0.05, 0.1) is 0 Å². The molecule has 0 saturated heterocycles. The van der Waals surface area contributed by atoms with Crippen molar-refractivity contribution in [2.75, 3.05) is 18.5 Å². The van der Waals surface area contributed by atoms with Crippen LogP contribution >= 0.6 is 0 Å². The second-order valence-electron chi connectivity index (χ2n) is 3.79. The van der Waals surface area contributed by atoms with Crippen LogP contribution in [-0.4, -0.2) is 24.9 Å². The van der Waals surface area contributed by atoms with Crippen molar-refractivity contribution in [2.45, 2.75) is 33.0 Å². The number of rotatable bonds is 7. The second kappa shape index (κ2) is 7.13. The summed E-state index contributed by atoms with van der Waals surface area (Å²) >= 11 is 0. The maximum absolute atomic E-state index is 12.3. The van der Waals surface area contributed by atoms with E-state index in [1.807, 2.05) is 51.1 Å². The number of carbonyl (C=O) groups is 1. The Bertz CT molecular complexity index is 359. The highest BCUT2D eigenvalue weighted by Gasteiger charge is 2.38. The molecule has 0 aliphatic carbocycles. The Morgan fingerprint density at radius 2 is 1.67 bits per heavy atom. The van der Waals surface area contributed by atoms with Crippen molar-refractivity contribution in [1.82, 2.24) is 0 Å². The van der Waals surface area contributed by atoms with E-state index in [0.29, 0.717) is 19.6 Å². The molecule has 0 atom stereocenters. The van der Waals surface area contributed by atoms with Gasteiger partial charge in [-0.1, -0.05) is 25.1 Å². The molecule has 1 N–H and O–H groups in total. The van der Waals surface area contributed by atoms with Crippen molar-refractivity contribution in [3.05, 3.63) is 30.3 Å². The van der Waals surface area contributed by atoms with Crippen molar-refractivity contribution in [2.24, 2.45) is 0 Å². The van der Waals surface area contributed by atoms with Gasteiger partial charge in [0.25, 0.3) is 5.91 Å². The van der Waals surface area contributed by atoms with Crippen LogP contribution in [0.4, 0.5) is 5.69 Å². The van der Waals surface area contributed by atoms with Crippen LogP contribution < -0.4 is 5.32 Å². The average molecular weight is 251 g/mol. The third-order valence-corrected chi connectivity index (χ3v) is 2.60. The molecule has 0 unspecified atom stereocenters. The summed E-state index contributed by atoms with van der Waals surface area (Å²) in [7, 11) is 0. The standard InChI is InChI=1S/C14H21NO3/c1-4-14(17-5-2,18-6-3)13(16)15-12-10-8-7-9-11-12/h7-11H,4-6H2,1-3H3,(H,15,16). The first-order valence-electron chi connectivity index (χ1n) is 6.33. The lowest BCUT2D eigenvalue weighted by Gasteiger charge is -2.30. The molecular formula is C14H21NO3. The molecule has 100 valence electrons. The summed E-state index contributed by atoms with van der Waals surface area (Å²) in [5, 5.41) is 2.81. The first kappa shape index (κ1) is 14.7. The lowest BCUT2D eigenvalue weighted by molar-refractivity contribution is -0.224.